The summed E-state index contributed by atoms with van der Waals surface area (Å²) in [4.78, 5) is 3.87. The highest BCUT2D eigenvalue weighted by Gasteiger charge is 1.84. The fourth-order valence-electron chi connectivity index (χ4n) is 0.496. The summed E-state index contributed by atoms with van der Waals surface area (Å²) >= 11 is 0. The molecule has 2 nitrogen and oxygen atoms in total. The van der Waals surface area contributed by atoms with E-state index in [4.69, 9.17) is 5.26 Å². The fourth-order valence-corrected chi connectivity index (χ4v) is 0.496. The Morgan fingerprint density at radius 1 is 1.62 bits per heavy atom. The van der Waals surface area contributed by atoms with Gasteiger partial charge in [0, 0.05) is 0 Å². The molecule has 0 saturated heterocycles. The molecule has 0 aromatic carbocycles. The fraction of sp³-hybridized carbons (Fsp3) is 0.833. The predicted molar refractivity (Wildman–Crippen MR) is 32.4 cm³/mol. The third kappa shape index (κ3) is 5.92. The van der Waals surface area contributed by atoms with Crippen LogP contribution in [0.1, 0.15) is 26.2 Å². The van der Waals surface area contributed by atoms with Gasteiger partial charge in [0.25, 0.3) is 0 Å². The van der Waals surface area contributed by atoms with E-state index in [1.165, 1.54) is 0 Å². The van der Waals surface area contributed by atoms with Crippen molar-refractivity contribution < 1.29 is 10.1 Å². The highest BCUT2D eigenvalue weighted by molar-refractivity contribution is 4.59. The normalized spacial score (nSPS) is 9.75. The third-order valence-corrected chi connectivity index (χ3v) is 0.933. The van der Waals surface area contributed by atoms with E-state index in [2.05, 4.69) is 18.2 Å². The number of unbranched alkanes of at least 4 members (excludes halogenated alkanes) is 3. The van der Waals surface area contributed by atoms with Gasteiger partial charge in [-0.05, 0) is 19.3 Å². The van der Waals surface area contributed by atoms with Crippen molar-refractivity contribution in [1.29, 1.82) is 0 Å². The van der Waals surface area contributed by atoms with Crippen molar-refractivity contribution in [3.05, 3.63) is 6.42 Å². The zero-order valence-corrected chi connectivity index (χ0v) is 5.26. The SMILES string of the molecule is CC[CH]CCCOO. The van der Waals surface area contributed by atoms with E-state index in [-0.39, 0.29) is 0 Å². The van der Waals surface area contributed by atoms with Crippen LogP contribution in [0.5, 0.6) is 0 Å². The van der Waals surface area contributed by atoms with Crippen LogP contribution in [0, 0.1) is 6.42 Å². The first kappa shape index (κ1) is 7.92. The maximum Gasteiger partial charge on any atom is 0.0819 e. The Hall–Kier alpha value is -0.0800. The lowest BCUT2D eigenvalue weighted by atomic mass is 10.2. The number of rotatable bonds is 5. The first-order valence-electron chi connectivity index (χ1n) is 2.99. The topological polar surface area (TPSA) is 29.5 Å². The molecule has 49 valence electrons. The molecule has 2 heteroatoms. The van der Waals surface area contributed by atoms with E-state index >= 15 is 0 Å². The summed E-state index contributed by atoms with van der Waals surface area (Å²) in [6.45, 7) is 2.55. The van der Waals surface area contributed by atoms with Crippen molar-refractivity contribution in [2.45, 2.75) is 26.2 Å². The quantitative estimate of drug-likeness (QED) is 0.338. The summed E-state index contributed by atoms with van der Waals surface area (Å²) in [7, 11) is 0. The van der Waals surface area contributed by atoms with Gasteiger partial charge in [-0.3, -0.25) is 5.26 Å². The van der Waals surface area contributed by atoms with Crippen LogP contribution < -0.4 is 0 Å². The molecule has 0 amide bonds. The maximum absolute atomic E-state index is 7.85. The minimum absolute atomic E-state index is 0.455. The second kappa shape index (κ2) is 6.92. The van der Waals surface area contributed by atoms with Crippen molar-refractivity contribution >= 4 is 0 Å². The molecule has 0 bridgehead atoms. The molecule has 0 rings (SSSR count). The zero-order chi connectivity index (χ0) is 6.24. The zero-order valence-electron chi connectivity index (χ0n) is 5.26. The molecule has 0 unspecified atom stereocenters. The van der Waals surface area contributed by atoms with Gasteiger partial charge in [-0.1, -0.05) is 13.3 Å². The van der Waals surface area contributed by atoms with Crippen LogP contribution in [-0.4, -0.2) is 11.9 Å². The van der Waals surface area contributed by atoms with Crippen molar-refractivity contribution in [2.24, 2.45) is 0 Å². The molecule has 0 fully saturated rings. The van der Waals surface area contributed by atoms with Gasteiger partial charge < -0.3 is 0 Å². The number of hydrogen-bond acceptors (Lipinski definition) is 2. The van der Waals surface area contributed by atoms with Gasteiger partial charge in [0.05, 0.1) is 6.61 Å². The Labute approximate surface area is 50.4 Å². The van der Waals surface area contributed by atoms with Crippen molar-refractivity contribution in [1.82, 2.24) is 0 Å². The first-order valence-corrected chi connectivity index (χ1v) is 2.99. The molecule has 1 N–H and O–H groups in total. The van der Waals surface area contributed by atoms with E-state index < -0.39 is 0 Å². The lowest BCUT2D eigenvalue weighted by molar-refractivity contribution is -0.242. The molecule has 1 radical (unpaired) electrons. The van der Waals surface area contributed by atoms with E-state index in [0.717, 1.165) is 19.3 Å². The van der Waals surface area contributed by atoms with Crippen LogP contribution in [0.2, 0.25) is 0 Å². The number of hydrogen-bond donors (Lipinski definition) is 1. The minimum atomic E-state index is 0.455. The van der Waals surface area contributed by atoms with Gasteiger partial charge in [-0.2, -0.15) is 0 Å². The molecule has 0 saturated carbocycles. The monoisotopic (exact) mass is 117 g/mol. The predicted octanol–water partition coefficient (Wildman–Crippen LogP) is 1.87. The van der Waals surface area contributed by atoms with E-state index in [1.54, 1.807) is 0 Å². The third-order valence-electron chi connectivity index (χ3n) is 0.933. The van der Waals surface area contributed by atoms with Gasteiger partial charge in [-0.15, -0.1) is 0 Å². The summed E-state index contributed by atoms with van der Waals surface area (Å²) in [5, 5.41) is 7.85. The smallest absolute Gasteiger partial charge is 0.0819 e. The van der Waals surface area contributed by atoms with Gasteiger partial charge in [0.15, 0.2) is 0 Å². The Morgan fingerprint density at radius 2 is 2.38 bits per heavy atom. The molecule has 0 aromatic heterocycles. The average Bonchev–Trinajstić information content (AvgIpc) is 1.81. The minimum Gasteiger partial charge on any atom is -0.252 e. The molecule has 0 aliphatic carbocycles. The summed E-state index contributed by atoms with van der Waals surface area (Å²) in [6, 6.07) is 0. The van der Waals surface area contributed by atoms with Crippen LogP contribution in [0.15, 0.2) is 0 Å². The Balaban J connectivity index is 2.53. The van der Waals surface area contributed by atoms with Crippen LogP contribution in [0.4, 0.5) is 0 Å². The first-order chi connectivity index (χ1) is 3.91. The molecular weight excluding hydrogens is 104 g/mol. The van der Waals surface area contributed by atoms with Crippen LogP contribution in [0.3, 0.4) is 0 Å². The van der Waals surface area contributed by atoms with Crippen molar-refractivity contribution in [3.8, 4) is 0 Å². The molecular formula is C6H13O2. The molecule has 0 heterocycles. The Morgan fingerprint density at radius 3 is 2.88 bits per heavy atom. The standard InChI is InChI=1S/C6H13O2/c1-2-3-4-5-6-8-7/h3,7H,2,4-6H2,1H3. The van der Waals surface area contributed by atoms with Gasteiger partial charge >= 0.3 is 0 Å². The molecule has 0 aliphatic heterocycles. The highest BCUT2D eigenvalue weighted by Crippen LogP contribution is 1.95. The highest BCUT2D eigenvalue weighted by atomic mass is 17.1. The largest absolute Gasteiger partial charge is 0.252 e. The van der Waals surface area contributed by atoms with Crippen LogP contribution in [-0.2, 0) is 4.89 Å². The van der Waals surface area contributed by atoms with E-state index in [9.17, 15) is 0 Å². The van der Waals surface area contributed by atoms with Crippen LogP contribution in [0.25, 0.3) is 0 Å². The summed E-state index contributed by atoms with van der Waals surface area (Å²) < 4.78 is 0. The van der Waals surface area contributed by atoms with Crippen LogP contribution >= 0.6 is 0 Å². The molecule has 8 heavy (non-hydrogen) atoms. The lowest BCUT2D eigenvalue weighted by Crippen LogP contribution is -1.87. The summed E-state index contributed by atoms with van der Waals surface area (Å²) in [6.07, 6.45) is 5.23. The van der Waals surface area contributed by atoms with Crippen molar-refractivity contribution in [2.75, 3.05) is 6.61 Å². The maximum atomic E-state index is 7.85. The molecule has 0 atom stereocenters. The lowest BCUT2D eigenvalue weighted by Gasteiger charge is -1.93. The molecule has 0 aliphatic rings. The second-order valence-electron chi connectivity index (χ2n) is 1.67. The Bertz CT molecular complexity index is 31.5. The summed E-state index contributed by atoms with van der Waals surface area (Å²) in [5.74, 6) is 0. The van der Waals surface area contributed by atoms with Gasteiger partial charge in [0.2, 0.25) is 0 Å². The molecule has 0 aromatic rings. The second-order valence-corrected chi connectivity index (χ2v) is 1.67. The van der Waals surface area contributed by atoms with Crippen molar-refractivity contribution in [3.63, 3.8) is 0 Å². The van der Waals surface area contributed by atoms with E-state index in [0.29, 0.717) is 6.61 Å². The van der Waals surface area contributed by atoms with Gasteiger partial charge in [0.1, 0.15) is 0 Å². The summed E-state index contributed by atoms with van der Waals surface area (Å²) in [5.41, 5.74) is 0. The molecule has 0 spiro atoms. The van der Waals surface area contributed by atoms with E-state index in [1.807, 2.05) is 0 Å². The van der Waals surface area contributed by atoms with Gasteiger partial charge in [-0.25, -0.2) is 4.89 Å². The average molecular weight is 117 g/mol. The Kier molecular flexibility index (Phi) is 6.85.